The van der Waals surface area contributed by atoms with E-state index < -0.39 is 51.3 Å². The summed E-state index contributed by atoms with van der Waals surface area (Å²) in [5.41, 5.74) is 3.50. The fraction of sp³-hybridized carbons (Fsp3) is 0.241. The van der Waals surface area contributed by atoms with E-state index in [-0.39, 0.29) is 0 Å². The first-order valence-electron chi connectivity index (χ1n) is 12.1. The zero-order valence-corrected chi connectivity index (χ0v) is 21.9. The molecule has 1 fully saturated rings. The van der Waals surface area contributed by atoms with Crippen molar-refractivity contribution in [3.8, 4) is 0 Å². The van der Waals surface area contributed by atoms with Gasteiger partial charge in [0.1, 0.15) is 15.8 Å². The second-order valence-electron chi connectivity index (χ2n) is 9.75. The number of hydrogen-bond donors (Lipinski definition) is 1. The van der Waals surface area contributed by atoms with Gasteiger partial charge in [-0.25, -0.2) is 4.79 Å². The number of imide groups is 1. The van der Waals surface area contributed by atoms with Gasteiger partial charge >= 0.3 is 5.97 Å². The van der Waals surface area contributed by atoms with Gasteiger partial charge < -0.3 is 10.1 Å². The van der Waals surface area contributed by atoms with Crippen LogP contribution in [0.2, 0.25) is 0 Å². The third kappa shape index (κ3) is 3.03. The van der Waals surface area contributed by atoms with E-state index >= 15 is 0 Å². The maximum atomic E-state index is 14.0. The number of alkyl halides is 2. The van der Waals surface area contributed by atoms with Gasteiger partial charge in [0.25, 0.3) is 0 Å². The van der Waals surface area contributed by atoms with Crippen LogP contribution in [0.1, 0.15) is 39.5 Å². The van der Waals surface area contributed by atoms with Gasteiger partial charge in [-0.05, 0) is 53.4 Å². The number of methoxy groups -OCH3 is 1. The van der Waals surface area contributed by atoms with Crippen LogP contribution in [0.25, 0.3) is 0 Å². The van der Waals surface area contributed by atoms with E-state index in [1.807, 2.05) is 48.5 Å². The van der Waals surface area contributed by atoms with Crippen LogP contribution in [-0.4, -0.2) is 41.7 Å². The van der Waals surface area contributed by atoms with Gasteiger partial charge in [-0.15, -0.1) is 23.2 Å². The molecular formula is C29H22Cl2N2O5. The van der Waals surface area contributed by atoms with Gasteiger partial charge in [-0.1, -0.05) is 48.5 Å². The minimum absolute atomic E-state index is 0.321. The van der Waals surface area contributed by atoms with Gasteiger partial charge in [0.15, 0.2) is 0 Å². The lowest BCUT2D eigenvalue weighted by Gasteiger charge is -2.54. The largest absolute Gasteiger partial charge is 0.465 e. The number of nitrogens with one attached hydrogen (secondary N) is 1. The molecule has 7 rings (SSSR count). The number of carbonyl (C=O) groups is 4. The van der Waals surface area contributed by atoms with Crippen LogP contribution in [0.3, 0.4) is 0 Å². The molecule has 2 bridgehead atoms. The molecule has 0 saturated carbocycles. The Labute approximate surface area is 228 Å². The SMILES string of the molecule is COC(=O)c1ccc(NC(=O)[C@@H](C)N2C(=O)[C@@H]3[C@H](C2=O)C2(Cl)c4ccccc4C3(Cl)c3ccccc32)cc1. The molecule has 0 aromatic heterocycles. The fourth-order valence-electron chi connectivity index (χ4n) is 6.24. The van der Waals surface area contributed by atoms with E-state index in [9.17, 15) is 19.2 Å². The minimum Gasteiger partial charge on any atom is -0.465 e. The molecule has 9 heteroatoms. The molecule has 3 atom stereocenters. The summed E-state index contributed by atoms with van der Waals surface area (Å²) in [7, 11) is 1.28. The number of ether oxygens (including phenoxy) is 1. The number of esters is 1. The van der Waals surface area contributed by atoms with Crippen molar-refractivity contribution in [3.05, 3.63) is 101 Å². The van der Waals surface area contributed by atoms with Gasteiger partial charge in [0.05, 0.1) is 24.5 Å². The minimum atomic E-state index is -1.31. The second-order valence-corrected chi connectivity index (χ2v) is 10.9. The van der Waals surface area contributed by atoms with Crippen molar-refractivity contribution in [1.82, 2.24) is 4.90 Å². The fourth-order valence-corrected chi connectivity index (χ4v) is 7.34. The highest BCUT2D eigenvalue weighted by Crippen LogP contribution is 2.69. The molecule has 0 radical (unpaired) electrons. The lowest BCUT2D eigenvalue weighted by Crippen LogP contribution is -2.57. The molecule has 3 aromatic carbocycles. The number of carbonyl (C=O) groups excluding carboxylic acids is 4. The number of anilines is 1. The van der Waals surface area contributed by atoms with Gasteiger partial charge in [0, 0.05) is 5.69 Å². The van der Waals surface area contributed by atoms with Crippen LogP contribution >= 0.6 is 23.2 Å². The zero-order valence-electron chi connectivity index (χ0n) is 20.4. The Morgan fingerprint density at radius 3 is 1.63 bits per heavy atom. The summed E-state index contributed by atoms with van der Waals surface area (Å²) < 4.78 is 4.69. The molecule has 4 aliphatic rings. The molecular weight excluding hydrogens is 527 g/mol. The summed E-state index contributed by atoms with van der Waals surface area (Å²) in [6, 6.07) is 19.7. The number of amides is 3. The van der Waals surface area contributed by atoms with E-state index in [2.05, 4.69) is 10.1 Å². The molecule has 1 saturated heterocycles. The number of rotatable bonds is 4. The molecule has 3 amide bonds. The summed E-state index contributed by atoms with van der Waals surface area (Å²) in [4.78, 5) is 51.3. The smallest absolute Gasteiger partial charge is 0.337 e. The first-order chi connectivity index (χ1) is 18.1. The third-order valence-corrected chi connectivity index (χ3v) is 9.24. The third-order valence-electron chi connectivity index (χ3n) is 7.96. The summed E-state index contributed by atoms with van der Waals surface area (Å²) in [6.45, 7) is 1.50. The predicted octanol–water partition coefficient (Wildman–Crippen LogP) is 4.39. The molecule has 1 aliphatic heterocycles. The summed E-state index contributed by atoms with van der Waals surface area (Å²) in [5.74, 6) is -4.10. The number of benzene rings is 3. The first kappa shape index (κ1) is 24.6. The van der Waals surface area contributed by atoms with Crippen molar-refractivity contribution in [3.63, 3.8) is 0 Å². The number of hydrogen-bond acceptors (Lipinski definition) is 5. The molecule has 192 valence electrons. The van der Waals surface area contributed by atoms with Gasteiger partial charge in [-0.3, -0.25) is 19.3 Å². The van der Waals surface area contributed by atoms with Crippen LogP contribution in [0.15, 0.2) is 72.8 Å². The highest BCUT2D eigenvalue weighted by Gasteiger charge is 2.73. The Morgan fingerprint density at radius 1 is 0.816 bits per heavy atom. The van der Waals surface area contributed by atoms with Crippen molar-refractivity contribution in [1.29, 1.82) is 0 Å². The summed E-state index contributed by atoms with van der Waals surface area (Å²) in [5, 5.41) is 2.71. The molecule has 0 spiro atoms. The van der Waals surface area contributed by atoms with Crippen LogP contribution in [0.4, 0.5) is 5.69 Å². The zero-order chi connectivity index (χ0) is 27.0. The first-order valence-corrected chi connectivity index (χ1v) is 12.8. The summed E-state index contributed by atoms with van der Waals surface area (Å²) >= 11 is 14.8. The average Bonchev–Trinajstić information content (AvgIpc) is 3.22. The number of halogens is 2. The molecule has 3 aliphatic carbocycles. The van der Waals surface area contributed by atoms with Crippen molar-refractivity contribution >= 4 is 52.6 Å². The molecule has 1 heterocycles. The number of nitrogens with zero attached hydrogens (tertiary/aromatic N) is 1. The lowest BCUT2D eigenvalue weighted by atomic mass is 9.54. The highest BCUT2D eigenvalue weighted by molar-refractivity contribution is 6.36. The molecule has 3 aromatic rings. The predicted molar refractivity (Wildman–Crippen MR) is 141 cm³/mol. The Hall–Kier alpha value is -3.68. The van der Waals surface area contributed by atoms with Crippen molar-refractivity contribution in [2.75, 3.05) is 12.4 Å². The van der Waals surface area contributed by atoms with Crippen molar-refractivity contribution < 1.29 is 23.9 Å². The van der Waals surface area contributed by atoms with Crippen LogP contribution in [0.5, 0.6) is 0 Å². The van der Waals surface area contributed by atoms with E-state index in [0.717, 1.165) is 4.90 Å². The van der Waals surface area contributed by atoms with E-state index in [0.29, 0.717) is 33.5 Å². The number of likely N-dealkylation sites (tertiary alicyclic amines) is 1. The van der Waals surface area contributed by atoms with Gasteiger partial charge in [-0.2, -0.15) is 0 Å². The monoisotopic (exact) mass is 548 g/mol. The Morgan fingerprint density at radius 2 is 1.24 bits per heavy atom. The van der Waals surface area contributed by atoms with Crippen molar-refractivity contribution in [2.24, 2.45) is 11.8 Å². The Bertz CT molecular complexity index is 1410. The van der Waals surface area contributed by atoms with E-state index in [1.54, 1.807) is 12.1 Å². The topological polar surface area (TPSA) is 92.8 Å². The average molecular weight is 549 g/mol. The molecule has 1 N–H and O–H groups in total. The molecule has 7 nitrogen and oxygen atoms in total. The van der Waals surface area contributed by atoms with E-state index in [4.69, 9.17) is 23.2 Å². The second kappa shape index (κ2) is 8.41. The maximum Gasteiger partial charge on any atom is 0.337 e. The summed E-state index contributed by atoms with van der Waals surface area (Å²) in [6.07, 6.45) is 0. The molecule has 0 unspecified atom stereocenters. The molecule has 38 heavy (non-hydrogen) atoms. The van der Waals surface area contributed by atoms with Gasteiger partial charge in [0.2, 0.25) is 17.7 Å². The highest BCUT2D eigenvalue weighted by atomic mass is 35.5. The van der Waals surface area contributed by atoms with Crippen LogP contribution in [0, 0.1) is 11.8 Å². The quantitative estimate of drug-likeness (QED) is 0.296. The normalized spacial score (nSPS) is 27.3. The Kier molecular flexibility index (Phi) is 5.46. The van der Waals surface area contributed by atoms with Crippen LogP contribution < -0.4 is 5.32 Å². The Balaban J connectivity index is 1.37. The standard InChI is InChI=1S/C29H22Cl2N2O5/c1-15(24(34)32-17-13-11-16(12-14-17)27(37)38-2)33-25(35)22-23(26(33)36)29(31)19-8-4-3-7-18(19)28(22,30)20-9-5-6-10-21(20)29/h3-15,22-23H,1-2H3,(H,32,34)/t15-,22-,23+,28?,29?/m1/s1. The van der Waals surface area contributed by atoms with Crippen LogP contribution in [-0.2, 0) is 28.9 Å². The maximum absolute atomic E-state index is 14.0. The lowest BCUT2D eigenvalue weighted by molar-refractivity contribution is -0.146. The van der Waals surface area contributed by atoms with Crippen molar-refractivity contribution in [2.45, 2.75) is 22.7 Å². The van der Waals surface area contributed by atoms with E-state index in [1.165, 1.54) is 26.2 Å².